The van der Waals surface area contributed by atoms with Crippen LogP contribution in [0.1, 0.15) is 5.69 Å². The molecule has 0 atom stereocenters. The number of aryl methyl sites for hydroxylation is 2. The summed E-state index contributed by atoms with van der Waals surface area (Å²) < 4.78 is 14.9. The third kappa shape index (κ3) is 1.84. The molecule has 2 rings (SSSR count). The third-order valence-electron chi connectivity index (χ3n) is 2.26. The zero-order valence-electron chi connectivity index (χ0n) is 9.09. The fourth-order valence-corrected chi connectivity index (χ4v) is 1.55. The summed E-state index contributed by atoms with van der Waals surface area (Å²) in [5.41, 5.74) is 1.58. The maximum atomic E-state index is 13.4. The smallest absolute Gasteiger partial charge is 0.358 e. The van der Waals surface area contributed by atoms with E-state index in [4.69, 9.17) is 0 Å². The van der Waals surface area contributed by atoms with E-state index in [0.717, 1.165) is 6.07 Å². The van der Waals surface area contributed by atoms with E-state index in [0.29, 0.717) is 17.0 Å². The Bertz CT molecular complexity index is 576. The van der Waals surface area contributed by atoms with Crippen LogP contribution in [0.15, 0.2) is 12.3 Å². The first kappa shape index (κ1) is 11.1. The predicted octanol–water partition coefficient (Wildman–Crippen LogP) is 1.23. The molecular formula is C9H8FN5O2. The SMILES string of the molecule is Cc1nnn(C)c1-c1cnc([N+](=O)[O-])c(F)c1. The molecule has 0 N–H and O–H groups in total. The van der Waals surface area contributed by atoms with E-state index < -0.39 is 16.6 Å². The molecule has 0 aliphatic heterocycles. The maximum Gasteiger partial charge on any atom is 0.399 e. The molecule has 0 amide bonds. The molecule has 0 radical (unpaired) electrons. The minimum atomic E-state index is -0.979. The maximum absolute atomic E-state index is 13.4. The Kier molecular flexibility index (Phi) is 2.54. The van der Waals surface area contributed by atoms with Gasteiger partial charge in [0.2, 0.25) is 5.82 Å². The molecule has 0 saturated carbocycles. The number of nitro groups is 1. The van der Waals surface area contributed by atoms with Crippen molar-refractivity contribution in [1.82, 2.24) is 20.0 Å². The molecule has 0 bridgehead atoms. The van der Waals surface area contributed by atoms with Crippen molar-refractivity contribution in [2.24, 2.45) is 7.05 Å². The molecule has 2 aromatic heterocycles. The lowest BCUT2D eigenvalue weighted by Gasteiger charge is -2.01. The molecule has 0 saturated heterocycles. The van der Waals surface area contributed by atoms with Crippen LogP contribution in [0.3, 0.4) is 0 Å². The number of halogens is 1. The molecule has 0 aliphatic rings. The van der Waals surface area contributed by atoms with Crippen LogP contribution in [0.4, 0.5) is 10.2 Å². The molecule has 0 fully saturated rings. The lowest BCUT2D eigenvalue weighted by Crippen LogP contribution is -1.99. The Hall–Kier alpha value is -2.38. The van der Waals surface area contributed by atoms with Crippen LogP contribution in [0.5, 0.6) is 0 Å². The average molecular weight is 237 g/mol. The Balaban J connectivity index is 2.56. The molecule has 0 unspecified atom stereocenters. The molecule has 88 valence electrons. The molecule has 0 aromatic carbocycles. The standard InChI is InChI=1S/C9H8FN5O2/c1-5-8(14(2)13-12-5)6-3-7(10)9(11-4-6)15(16)17/h3-4H,1-2H3. The van der Waals surface area contributed by atoms with Crippen LogP contribution >= 0.6 is 0 Å². The number of hydrogen-bond donors (Lipinski definition) is 0. The first-order chi connectivity index (χ1) is 8.00. The molecule has 7 nitrogen and oxygen atoms in total. The molecule has 8 heteroatoms. The Morgan fingerprint density at radius 2 is 2.24 bits per heavy atom. The summed E-state index contributed by atoms with van der Waals surface area (Å²) in [5, 5.41) is 18.0. The zero-order valence-corrected chi connectivity index (χ0v) is 9.09. The van der Waals surface area contributed by atoms with Crippen molar-refractivity contribution in [2.45, 2.75) is 6.92 Å². The fraction of sp³-hybridized carbons (Fsp3) is 0.222. The van der Waals surface area contributed by atoms with Crippen LogP contribution in [-0.2, 0) is 7.05 Å². The van der Waals surface area contributed by atoms with Gasteiger partial charge in [0.15, 0.2) is 0 Å². The monoisotopic (exact) mass is 237 g/mol. The molecule has 17 heavy (non-hydrogen) atoms. The highest BCUT2D eigenvalue weighted by Gasteiger charge is 2.19. The van der Waals surface area contributed by atoms with Gasteiger partial charge in [0.1, 0.15) is 6.20 Å². The zero-order chi connectivity index (χ0) is 12.6. The van der Waals surface area contributed by atoms with Crippen LogP contribution in [0.25, 0.3) is 11.3 Å². The van der Waals surface area contributed by atoms with Crippen LogP contribution in [0, 0.1) is 22.9 Å². The van der Waals surface area contributed by atoms with Crippen molar-refractivity contribution in [2.75, 3.05) is 0 Å². The van der Waals surface area contributed by atoms with E-state index in [9.17, 15) is 14.5 Å². The highest BCUT2D eigenvalue weighted by Crippen LogP contribution is 2.24. The van der Waals surface area contributed by atoms with Crippen LogP contribution in [-0.4, -0.2) is 24.9 Å². The fourth-order valence-electron chi connectivity index (χ4n) is 1.55. The van der Waals surface area contributed by atoms with Crippen molar-refractivity contribution in [1.29, 1.82) is 0 Å². The quantitative estimate of drug-likeness (QED) is 0.579. The molecule has 0 aliphatic carbocycles. The minimum absolute atomic E-state index is 0.401. The van der Waals surface area contributed by atoms with E-state index >= 15 is 0 Å². The van der Waals surface area contributed by atoms with Gasteiger partial charge in [0.25, 0.3) is 0 Å². The first-order valence-corrected chi connectivity index (χ1v) is 4.67. The van der Waals surface area contributed by atoms with Crippen LogP contribution in [0.2, 0.25) is 0 Å². The van der Waals surface area contributed by atoms with Crippen molar-refractivity contribution in [3.05, 3.63) is 33.9 Å². The molecule has 0 spiro atoms. The lowest BCUT2D eigenvalue weighted by atomic mass is 10.1. The number of pyridine rings is 1. The summed E-state index contributed by atoms with van der Waals surface area (Å²) in [6, 6.07) is 1.05. The van der Waals surface area contributed by atoms with E-state index in [1.165, 1.54) is 10.9 Å². The van der Waals surface area contributed by atoms with Crippen molar-refractivity contribution in [3.63, 3.8) is 0 Å². The predicted molar refractivity (Wildman–Crippen MR) is 55.6 cm³/mol. The van der Waals surface area contributed by atoms with Gasteiger partial charge in [0.05, 0.1) is 11.4 Å². The first-order valence-electron chi connectivity index (χ1n) is 4.67. The van der Waals surface area contributed by atoms with Crippen molar-refractivity contribution < 1.29 is 9.31 Å². The van der Waals surface area contributed by atoms with E-state index in [-0.39, 0.29) is 0 Å². The third-order valence-corrected chi connectivity index (χ3v) is 2.26. The topological polar surface area (TPSA) is 86.7 Å². The number of rotatable bonds is 2. The van der Waals surface area contributed by atoms with Gasteiger partial charge < -0.3 is 10.1 Å². The molecular weight excluding hydrogens is 229 g/mol. The lowest BCUT2D eigenvalue weighted by molar-refractivity contribution is -0.392. The second-order valence-electron chi connectivity index (χ2n) is 3.43. The average Bonchev–Trinajstić information content (AvgIpc) is 2.58. The number of nitrogens with zero attached hydrogens (tertiary/aromatic N) is 5. The summed E-state index contributed by atoms with van der Waals surface area (Å²) in [7, 11) is 1.65. The van der Waals surface area contributed by atoms with E-state index in [1.807, 2.05) is 0 Å². The normalized spacial score (nSPS) is 10.5. The summed E-state index contributed by atoms with van der Waals surface area (Å²) in [5.74, 6) is -1.77. The summed E-state index contributed by atoms with van der Waals surface area (Å²) in [6.45, 7) is 1.71. The highest BCUT2D eigenvalue weighted by atomic mass is 19.1. The minimum Gasteiger partial charge on any atom is -0.358 e. The Morgan fingerprint density at radius 3 is 2.71 bits per heavy atom. The summed E-state index contributed by atoms with van der Waals surface area (Å²) >= 11 is 0. The van der Waals surface area contributed by atoms with Crippen molar-refractivity contribution in [3.8, 4) is 11.3 Å². The number of aromatic nitrogens is 4. The van der Waals surface area contributed by atoms with Gasteiger partial charge in [-0.1, -0.05) is 5.21 Å². The Labute approximate surface area is 95.1 Å². The molecule has 2 heterocycles. The van der Waals surface area contributed by atoms with Gasteiger partial charge in [-0.05, 0) is 22.9 Å². The van der Waals surface area contributed by atoms with Crippen LogP contribution < -0.4 is 0 Å². The van der Waals surface area contributed by atoms with Gasteiger partial charge in [-0.3, -0.25) is 0 Å². The Morgan fingerprint density at radius 1 is 1.53 bits per heavy atom. The summed E-state index contributed by atoms with van der Waals surface area (Å²) in [4.78, 5) is 13.0. The number of hydrogen-bond acceptors (Lipinski definition) is 5. The van der Waals surface area contributed by atoms with Gasteiger partial charge in [0, 0.05) is 12.6 Å². The van der Waals surface area contributed by atoms with Gasteiger partial charge in [-0.25, -0.2) is 4.68 Å². The second-order valence-corrected chi connectivity index (χ2v) is 3.43. The largest absolute Gasteiger partial charge is 0.399 e. The van der Waals surface area contributed by atoms with Gasteiger partial charge >= 0.3 is 5.82 Å². The van der Waals surface area contributed by atoms with E-state index in [1.54, 1.807) is 14.0 Å². The van der Waals surface area contributed by atoms with Crippen molar-refractivity contribution >= 4 is 5.82 Å². The van der Waals surface area contributed by atoms with E-state index in [2.05, 4.69) is 15.3 Å². The second kappa shape index (κ2) is 3.89. The summed E-state index contributed by atoms with van der Waals surface area (Å²) in [6.07, 6.45) is 1.23. The highest BCUT2D eigenvalue weighted by molar-refractivity contribution is 5.61. The van der Waals surface area contributed by atoms with Gasteiger partial charge in [-0.15, -0.1) is 5.10 Å². The molecule has 2 aromatic rings. The van der Waals surface area contributed by atoms with Gasteiger partial charge in [-0.2, -0.15) is 4.39 Å².